The Morgan fingerprint density at radius 2 is 1.64 bits per heavy atom. The molecule has 1 aromatic carbocycles. The molecule has 3 atom stereocenters. The first-order valence-electron chi connectivity index (χ1n) is 10.4. The number of aliphatic hydroxyl groups is 2. The SMILES string of the molecule is COc1cc(C(C)(C)C)c(OCC(O)CNC2CCC(O)C2)c(C(C)(C)C)c1. The highest BCUT2D eigenvalue weighted by Gasteiger charge is 2.29. The summed E-state index contributed by atoms with van der Waals surface area (Å²) in [5.41, 5.74) is 1.92. The number of hydrogen-bond donors (Lipinski definition) is 3. The largest absolute Gasteiger partial charge is 0.497 e. The zero-order chi connectivity index (χ0) is 21.1. The van der Waals surface area contributed by atoms with E-state index in [9.17, 15) is 10.2 Å². The van der Waals surface area contributed by atoms with Crippen LogP contribution in [0.1, 0.15) is 71.9 Å². The summed E-state index contributed by atoms with van der Waals surface area (Å²) in [5, 5.41) is 23.4. The minimum Gasteiger partial charge on any atom is -0.497 e. The summed E-state index contributed by atoms with van der Waals surface area (Å²) >= 11 is 0. The van der Waals surface area contributed by atoms with Crippen molar-refractivity contribution in [3.63, 3.8) is 0 Å². The Hall–Kier alpha value is -1.30. The van der Waals surface area contributed by atoms with E-state index in [0.29, 0.717) is 6.54 Å². The van der Waals surface area contributed by atoms with E-state index in [1.165, 1.54) is 0 Å². The molecule has 5 heteroatoms. The van der Waals surface area contributed by atoms with Crippen LogP contribution in [-0.4, -0.2) is 48.7 Å². The number of methoxy groups -OCH3 is 1. The van der Waals surface area contributed by atoms with Gasteiger partial charge in [-0.2, -0.15) is 0 Å². The topological polar surface area (TPSA) is 71.0 Å². The quantitative estimate of drug-likeness (QED) is 0.661. The number of hydrogen-bond acceptors (Lipinski definition) is 5. The summed E-state index contributed by atoms with van der Waals surface area (Å²) in [6.45, 7) is 13.6. The maximum absolute atomic E-state index is 10.5. The second kappa shape index (κ2) is 9.02. The van der Waals surface area contributed by atoms with Gasteiger partial charge in [0.05, 0.1) is 13.2 Å². The van der Waals surface area contributed by atoms with Crippen LogP contribution in [0.2, 0.25) is 0 Å². The molecule has 160 valence electrons. The van der Waals surface area contributed by atoms with Gasteiger partial charge in [0.1, 0.15) is 24.2 Å². The normalized spacial score (nSPS) is 21.6. The summed E-state index contributed by atoms with van der Waals surface area (Å²) in [4.78, 5) is 0. The van der Waals surface area contributed by atoms with Gasteiger partial charge in [-0.3, -0.25) is 0 Å². The number of benzene rings is 1. The average molecular weight is 394 g/mol. The first-order valence-corrected chi connectivity index (χ1v) is 10.4. The Labute approximate surface area is 170 Å². The van der Waals surface area contributed by atoms with Crippen LogP contribution in [0.3, 0.4) is 0 Å². The minimum atomic E-state index is -0.611. The van der Waals surface area contributed by atoms with Crippen molar-refractivity contribution in [2.75, 3.05) is 20.3 Å². The molecular formula is C23H39NO4. The molecule has 1 fully saturated rings. The lowest BCUT2D eigenvalue weighted by atomic mass is 9.79. The number of ether oxygens (including phenoxy) is 2. The molecule has 0 spiro atoms. The summed E-state index contributed by atoms with van der Waals surface area (Å²) in [5.74, 6) is 1.67. The fourth-order valence-electron chi connectivity index (χ4n) is 3.67. The van der Waals surface area contributed by atoms with E-state index in [-0.39, 0.29) is 29.6 Å². The average Bonchev–Trinajstić information content (AvgIpc) is 3.01. The molecule has 0 radical (unpaired) electrons. The van der Waals surface area contributed by atoms with Crippen molar-refractivity contribution >= 4 is 0 Å². The second-order valence-electron chi connectivity index (χ2n) is 10.1. The Balaban J connectivity index is 2.16. The van der Waals surface area contributed by atoms with E-state index >= 15 is 0 Å². The third-order valence-electron chi connectivity index (χ3n) is 5.38. The zero-order valence-corrected chi connectivity index (χ0v) is 18.6. The molecule has 2 rings (SSSR count). The third kappa shape index (κ3) is 6.10. The van der Waals surface area contributed by atoms with Crippen molar-refractivity contribution in [3.8, 4) is 11.5 Å². The van der Waals surface area contributed by atoms with Crippen LogP contribution >= 0.6 is 0 Å². The third-order valence-corrected chi connectivity index (χ3v) is 5.38. The number of nitrogens with one attached hydrogen (secondary N) is 1. The van der Waals surface area contributed by atoms with Gasteiger partial charge in [-0.05, 0) is 42.2 Å². The Morgan fingerprint density at radius 1 is 1.07 bits per heavy atom. The molecule has 0 aliphatic heterocycles. The lowest BCUT2D eigenvalue weighted by molar-refractivity contribution is 0.100. The van der Waals surface area contributed by atoms with E-state index in [1.54, 1.807) is 7.11 Å². The maximum atomic E-state index is 10.5. The summed E-state index contributed by atoms with van der Waals surface area (Å²) in [7, 11) is 1.68. The van der Waals surface area contributed by atoms with Gasteiger partial charge in [-0.1, -0.05) is 41.5 Å². The molecule has 0 aromatic heterocycles. The van der Waals surface area contributed by atoms with Crippen LogP contribution in [0.5, 0.6) is 11.5 Å². The molecule has 0 amide bonds. The first kappa shape index (κ1) is 23.0. The molecule has 28 heavy (non-hydrogen) atoms. The number of aliphatic hydroxyl groups excluding tert-OH is 2. The number of rotatable bonds is 7. The van der Waals surface area contributed by atoms with Crippen LogP contribution in [0, 0.1) is 0 Å². The fraction of sp³-hybridized carbons (Fsp3) is 0.739. The highest BCUT2D eigenvalue weighted by atomic mass is 16.5. The van der Waals surface area contributed by atoms with E-state index in [1.807, 2.05) is 12.1 Å². The summed E-state index contributed by atoms with van der Waals surface area (Å²) in [6.07, 6.45) is 1.72. The fourth-order valence-corrected chi connectivity index (χ4v) is 3.67. The molecule has 5 nitrogen and oxygen atoms in total. The molecule has 0 saturated heterocycles. The van der Waals surface area contributed by atoms with Crippen molar-refractivity contribution < 1.29 is 19.7 Å². The Morgan fingerprint density at radius 3 is 2.07 bits per heavy atom. The van der Waals surface area contributed by atoms with Gasteiger partial charge in [-0.25, -0.2) is 0 Å². The van der Waals surface area contributed by atoms with Crippen LogP contribution in [0.15, 0.2) is 12.1 Å². The molecule has 1 aliphatic carbocycles. The predicted octanol–water partition coefficient (Wildman–Crippen LogP) is 3.53. The Bertz CT molecular complexity index is 610. The van der Waals surface area contributed by atoms with Gasteiger partial charge in [0, 0.05) is 23.7 Å². The van der Waals surface area contributed by atoms with Crippen molar-refractivity contribution in [2.45, 2.75) is 89.9 Å². The summed E-state index contributed by atoms with van der Waals surface area (Å²) in [6, 6.07) is 4.35. The molecule has 1 aromatic rings. The van der Waals surface area contributed by atoms with Crippen LogP contribution in [-0.2, 0) is 10.8 Å². The lowest BCUT2D eigenvalue weighted by Gasteiger charge is -2.31. The molecule has 3 unspecified atom stereocenters. The maximum Gasteiger partial charge on any atom is 0.127 e. The van der Waals surface area contributed by atoms with Crippen LogP contribution in [0.25, 0.3) is 0 Å². The zero-order valence-electron chi connectivity index (χ0n) is 18.6. The van der Waals surface area contributed by atoms with E-state index in [2.05, 4.69) is 46.9 Å². The van der Waals surface area contributed by atoms with Gasteiger partial charge < -0.3 is 25.0 Å². The van der Waals surface area contributed by atoms with Crippen molar-refractivity contribution in [2.24, 2.45) is 0 Å². The first-order chi connectivity index (χ1) is 12.9. The molecule has 0 heterocycles. The molecule has 1 saturated carbocycles. The predicted molar refractivity (Wildman–Crippen MR) is 114 cm³/mol. The summed E-state index contributed by atoms with van der Waals surface area (Å²) < 4.78 is 11.8. The van der Waals surface area contributed by atoms with Crippen molar-refractivity contribution in [1.82, 2.24) is 5.32 Å². The smallest absolute Gasteiger partial charge is 0.127 e. The van der Waals surface area contributed by atoms with Gasteiger partial charge in [-0.15, -0.1) is 0 Å². The van der Waals surface area contributed by atoms with E-state index in [4.69, 9.17) is 9.47 Å². The van der Waals surface area contributed by atoms with Crippen molar-refractivity contribution in [3.05, 3.63) is 23.3 Å². The van der Waals surface area contributed by atoms with Crippen molar-refractivity contribution in [1.29, 1.82) is 0 Å². The van der Waals surface area contributed by atoms with E-state index in [0.717, 1.165) is 41.9 Å². The molecule has 1 aliphatic rings. The standard InChI is InChI=1S/C23H39NO4/c1-22(2,3)19-11-18(27-7)12-20(23(4,5)6)21(19)28-14-17(26)13-24-15-8-9-16(25)10-15/h11-12,15-17,24-26H,8-10,13-14H2,1-7H3. The second-order valence-corrected chi connectivity index (χ2v) is 10.1. The highest BCUT2D eigenvalue weighted by Crippen LogP contribution is 2.42. The van der Waals surface area contributed by atoms with Gasteiger partial charge in [0.15, 0.2) is 0 Å². The lowest BCUT2D eigenvalue weighted by Crippen LogP contribution is -2.37. The molecule has 3 N–H and O–H groups in total. The van der Waals surface area contributed by atoms with Crippen LogP contribution in [0.4, 0.5) is 0 Å². The van der Waals surface area contributed by atoms with Gasteiger partial charge in [0.2, 0.25) is 0 Å². The highest BCUT2D eigenvalue weighted by molar-refractivity contribution is 5.52. The van der Waals surface area contributed by atoms with Gasteiger partial charge in [0.25, 0.3) is 0 Å². The molecular weight excluding hydrogens is 354 g/mol. The Kier molecular flexibility index (Phi) is 7.40. The van der Waals surface area contributed by atoms with Gasteiger partial charge >= 0.3 is 0 Å². The molecule has 0 bridgehead atoms. The van der Waals surface area contributed by atoms with E-state index < -0.39 is 6.10 Å². The van der Waals surface area contributed by atoms with Crippen LogP contribution < -0.4 is 14.8 Å². The monoisotopic (exact) mass is 393 g/mol. The minimum absolute atomic E-state index is 0.118.